The summed E-state index contributed by atoms with van der Waals surface area (Å²) in [5.74, 6) is -0.0959. The number of aromatic nitrogens is 1. The van der Waals surface area contributed by atoms with Crippen LogP contribution in [-0.2, 0) is 9.53 Å². The maximum Gasteiger partial charge on any atom is 0.228 e. The van der Waals surface area contributed by atoms with Gasteiger partial charge in [-0.25, -0.2) is 4.98 Å². The van der Waals surface area contributed by atoms with E-state index in [1.54, 1.807) is 12.3 Å². The number of carbonyl (C=O) groups is 1. The Balaban J connectivity index is 1.88. The molecule has 1 aromatic heterocycles. The molecule has 0 aliphatic carbocycles. The quantitative estimate of drug-likeness (QED) is 0.496. The summed E-state index contributed by atoms with van der Waals surface area (Å²) in [5, 5.41) is 16.6. The number of anilines is 1. The van der Waals surface area contributed by atoms with Crippen LogP contribution in [0, 0.1) is 0 Å². The van der Waals surface area contributed by atoms with Crippen LogP contribution in [0.3, 0.4) is 0 Å². The van der Waals surface area contributed by atoms with Crippen molar-refractivity contribution in [3.05, 3.63) is 11.1 Å². The Labute approximate surface area is 109 Å². The topological polar surface area (TPSA) is 83.8 Å². The predicted molar refractivity (Wildman–Crippen MR) is 68.3 cm³/mol. The summed E-state index contributed by atoms with van der Waals surface area (Å²) in [4.78, 5) is 15.9. The highest BCUT2D eigenvalue weighted by Gasteiger charge is 2.19. The van der Waals surface area contributed by atoms with E-state index in [2.05, 4.69) is 15.5 Å². The third-order valence-electron chi connectivity index (χ3n) is 2.71. The van der Waals surface area contributed by atoms with E-state index in [1.165, 1.54) is 11.3 Å². The molecule has 1 aromatic rings. The van der Waals surface area contributed by atoms with Crippen LogP contribution in [0.15, 0.2) is 10.5 Å². The molecule has 6 nitrogen and oxygen atoms in total. The van der Waals surface area contributed by atoms with Crippen molar-refractivity contribution in [2.45, 2.75) is 32.3 Å². The van der Waals surface area contributed by atoms with Crippen molar-refractivity contribution in [2.24, 2.45) is 5.16 Å². The van der Waals surface area contributed by atoms with Crippen molar-refractivity contribution in [2.75, 3.05) is 11.9 Å². The Bertz CT molecular complexity index is 452. The number of nitrogens with zero attached hydrogens (tertiary/aromatic N) is 2. The molecule has 2 rings (SSSR count). The molecule has 0 radical (unpaired) electrons. The molecule has 1 aliphatic rings. The molecule has 7 heteroatoms. The summed E-state index contributed by atoms with van der Waals surface area (Å²) < 4.78 is 5.39. The molecule has 2 heterocycles. The molecule has 1 unspecified atom stereocenters. The zero-order valence-electron chi connectivity index (χ0n) is 10.0. The molecular weight excluding hydrogens is 254 g/mol. The molecule has 98 valence electrons. The Morgan fingerprint density at radius 2 is 2.61 bits per heavy atom. The summed E-state index contributed by atoms with van der Waals surface area (Å²) >= 11 is 1.30. The van der Waals surface area contributed by atoms with Gasteiger partial charge in [0.2, 0.25) is 5.91 Å². The second-order valence-corrected chi connectivity index (χ2v) is 4.97. The Hall–Kier alpha value is -1.47. The van der Waals surface area contributed by atoms with Crippen LogP contribution in [0.4, 0.5) is 5.13 Å². The number of ether oxygens (including phenoxy) is 1. The number of oxime groups is 1. The second kappa shape index (κ2) is 5.92. The first-order valence-electron chi connectivity index (χ1n) is 5.75. The van der Waals surface area contributed by atoms with Crippen molar-refractivity contribution in [3.63, 3.8) is 0 Å². The highest BCUT2D eigenvalue weighted by atomic mass is 32.1. The van der Waals surface area contributed by atoms with Crippen LogP contribution < -0.4 is 5.32 Å². The van der Waals surface area contributed by atoms with Gasteiger partial charge < -0.3 is 15.3 Å². The van der Waals surface area contributed by atoms with Crippen LogP contribution in [0.25, 0.3) is 0 Å². The predicted octanol–water partition coefficient (Wildman–Crippen LogP) is 1.85. The minimum atomic E-state index is -0.0959. The van der Waals surface area contributed by atoms with E-state index >= 15 is 0 Å². The third-order valence-corrected chi connectivity index (χ3v) is 3.47. The van der Waals surface area contributed by atoms with Crippen molar-refractivity contribution < 1.29 is 14.7 Å². The van der Waals surface area contributed by atoms with Crippen LogP contribution in [0.2, 0.25) is 0 Å². The van der Waals surface area contributed by atoms with Crippen LogP contribution in [0.5, 0.6) is 0 Å². The Morgan fingerprint density at radius 1 is 1.78 bits per heavy atom. The van der Waals surface area contributed by atoms with Crippen molar-refractivity contribution in [1.82, 2.24) is 4.98 Å². The fourth-order valence-corrected chi connectivity index (χ4v) is 2.50. The monoisotopic (exact) mass is 269 g/mol. The normalized spacial score (nSPS) is 20.1. The summed E-state index contributed by atoms with van der Waals surface area (Å²) in [6.45, 7) is 2.39. The first-order valence-corrected chi connectivity index (χ1v) is 6.63. The number of hydrogen-bond donors (Lipinski definition) is 2. The minimum absolute atomic E-state index is 0.0326. The molecule has 1 aliphatic heterocycles. The third kappa shape index (κ3) is 3.27. The lowest BCUT2D eigenvalue weighted by Gasteiger charge is -2.07. The number of thiazole rings is 1. The molecular formula is C11H15N3O3S. The molecule has 1 fully saturated rings. The van der Waals surface area contributed by atoms with Crippen molar-refractivity contribution >= 4 is 28.1 Å². The van der Waals surface area contributed by atoms with E-state index < -0.39 is 0 Å². The van der Waals surface area contributed by atoms with Gasteiger partial charge in [-0.2, -0.15) is 0 Å². The highest BCUT2D eigenvalue weighted by Crippen LogP contribution is 2.19. The van der Waals surface area contributed by atoms with E-state index in [9.17, 15) is 4.79 Å². The van der Waals surface area contributed by atoms with Gasteiger partial charge in [0.05, 0.1) is 12.5 Å². The van der Waals surface area contributed by atoms with E-state index in [4.69, 9.17) is 9.94 Å². The molecule has 1 atom stereocenters. The molecule has 0 bridgehead atoms. The lowest BCUT2D eigenvalue weighted by Crippen LogP contribution is -2.19. The fourth-order valence-electron chi connectivity index (χ4n) is 1.73. The number of amides is 1. The first-order chi connectivity index (χ1) is 8.69. The average Bonchev–Trinajstić information content (AvgIpc) is 2.99. The first kappa shape index (κ1) is 13.0. The van der Waals surface area contributed by atoms with Crippen LogP contribution in [0.1, 0.15) is 31.9 Å². The lowest BCUT2D eigenvalue weighted by atomic mass is 10.2. The molecule has 0 saturated carbocycles. The standard InChI is InChI=1S/C11H15N3O3S/c1-7(14-16)9-6-18-11(12-9)13-10(15)5-8-3-2-4-17-8/h6,8,16H,2-5H2,1H3,(H,12,13,15). The number of hydrogen-bond acceptors (Lipinski definition) is 6. The van der Waals surface area contributed by atoms with Gasteiger partial charge in [-0.15, -0.1) is 11.3 Å². The van der Waals surface area contributed by atoms with Gasteiger partial charge in [0, 0.05) is 12.0 Å². The van der Waals surface area contributed by atoms with Crippen LogP contribution in [-0.4, -0.2) is 34.5 Å². The molecule has 2 N–H and O–H groups in total. The van der Waals surface area contributed by atoms with E-state index in [-0.39, 0.29) is 12.0 Å². The molecule has 18 heavy (non-hydrogen) atoms. The minimum Gasteiger partial charge on any atom is -0.411 e. The molecule has 0 spiro atoms. The fraction of sp³-hybridized carbons (Fsp3) is 0.545. The maximum atomic E-state index is 11.7. The van der Waals surface area contributed by atoms with Gasteiger partial charge in [-0.05, 0) is 19.8 Å². The van der Waals surface area contributed by atoms with E-state index in [0.717, 1.165) is 19.4 Å². The largest absolute Gasteiger partial charge is 0.411 e. The summed E-state index contributed by atoms with van der Waals surface area (Å²) in [7, 11) is 0. The molecule has 1 amide bonds. The average molecular weight is 269 g/mol. The van der Waals surface area contributed by atoms with E-state index in [1.807, 2.05) is 0 Å². The lowest BCUT2D eigenvalue weighted by molar-refractivity contribution is -0.118. The smallest absolute Gasteiger partial charge is 0.228 e. The van der Waals surface area contributed by atoms with Crippen LogP contribution >= 0.6 is 11.3 Å². The summed E-state index contributed by atoms with van der Waals surface area (Å²) in [5.41, 5.74) is 0.987. The van der Waals surface area contributed by atoms with Crippen molar-refractivity contribution in [3.8, 4) is 0 Å². The number of nitrogens with one attached hydrogen (secondary N) is 1. The van der Waals surface area contributed by atoms with Gasteiger partial charge >= 0.3 is 0 Å². The maximum absolute atomic E-state index is 11.7. The summed E-state index contributed by atoms with van der Waals surface area (Å²) in [6.07, 6.45) is 2.35. The second-order valence-electron chi connectivity index (χ2n) is 4.11. The molecule has 1 saturated heterocycles. The zero-order valence-corrected chi connectivity index (χ0v) is 10.9. The Morgan fingerprint density at radius 3 is 3.28 bits per heavy atom. The van der Waals surface area contributed by atoms with Gasteiger partial charge in [0.1, 0.15) is 11.4 Å². The zero-order chi connectivity index (χ0) is 13.0. The van der Waals surface area contributed by atoms with Crippen molar-refractivity contribution in [1.29, 1.82) is 0 Å². The number of carbonyl (C=O) groups excluding carboxylic acids is 1. The Kier molecular flexibility index (Phi) is 4.27. The molecule has 0 aromatic carbocycles. The van der Waals surface area contributed by atoms with Gasteiger partial charge in [0.25, 0.3) is 0 Å². The summed E-state index contributed by atoms with van der Waals surface area (Å²) in [6, 6.07) is 0. The van der Waals surface area contributed by atoms with Gasteiger partial charge in [-0.3, -0.25) is 4.79 Å². The highest BCUT2D eigenvalue weighted by molar-refractivity contribution is 7.14. The van der Waals surface area contributed by atoms with Gasteiger partial charge in [0.15, 0.2) is 5.13 Å². The van der Waals surface area contributed by atoms with Gasteiger partial charge in [-0.1, -0.05) is 5.16 Å². The van der Waals surface area contributed by atoms with E-state index in [0.29, 0.717) is 23.0 Å². The number of rotatable bonds is 4. The SMILES string of the molecule is CC(=NO)c1csc(NC(=O)CC2CCCO2)n1.